The fraction of sp³-hybridized carbons (Fsp3) is 0.594. The highest BCUT2D eigenvalue weighted by atomic mass is 16.7. The molecule has 0 spiro atoms. The number of hydrogen-bond acceptors (Lipinski definition) is 9. The first-order chi connectivity index (χ1) is 19.5. The number of fused-ring (bicyclic) bond motifs is 2. The van der Waals surface area contributed by atoms with Crippen molar-refractivity contribution >= 4 is 17.9 Å². The third-order valence-corrected chi connectivity index (χ3v) is 9.80. The molecule has 2 aliphatic heterocycles. The van der Waals surface area contributed by atoms with E-state index >= 15 is 0 Å². The van der Waals surface area contributed by atoms with E-state index in [0.717, 1.165) is 36.1 Å². The van der Waals surface area contributed by atoms with Crippen LogP contribution in [0, 0.1) is 22.7 Å². The van der Waals surface area contributed by atoms with E-state index in [1.807, 2.05) is 24.3 Å². The van der Waals surface area contributed by atoms with E-state index in [2.05, 4.69) is 25.7 Å². The van der Waals surface area contributed by atoms with Crippen LogP contribution in [0.4, 0.5) is 0 Å². The van der Waals surface area contributed by atoms with E-state index in [9.17, 15) is 14.4 Å². The van der Waals surface area contributed by atoms with Gasteiger partial charge in [0.15, 0.2) is 11.5 Å². The van der Waals surface area contributed by atoms with Crippen LogP contribution in [-0.2, 0) is 35.1 Å². The summed E-state index contributed by atoms with van der Waals surface area (Å²) in [5.74, 6) is 0.662. The van der Waals surface area contributed by atoms with Gasteiger partial charge in [-0.05, 0) is 73.1 Å². The number of allylic oxidation sites excluding steroid dienone is 1. The maximum atomic E-state index is 12.8. The number of ether oxygens (including phenoxy) is 5. The van der Waals surface area contributed by atoms with Gasteiger partial charge in [-0.15, -0.1) is 0 Å². The van der Waals surface area contributed by atoms with Crippen molar-refractivity contribution in [3.8, 4) is 11.5 Å². The van der Waals surface area contributed by atoms with Gasteiger partial charge < -0.3 is 29.0 Å². The molecule has 0 amide bonds. The molecule has 1 aromatic rings. The van der Waals surface area contributed by atoms with Crippen molar-refractivity contribution in [1.29, 1.82) is 0 Å². The summed E-state index contributed by atoms with van der Waals surface area (Å²) in [4.78, 5) is 36.7. The van der Waals surface area contributed by atoms with E-state index in [1.54, 1.807) is 0 Å². The Bertz CT molecular complexity index is 1260. The fourth-order valence-electron chi connectivity index (χ4n) is 7.76. The van der Waals surface area contributed by atoms with Gasteiger partial charge in [0.25, 0.3) is 0 Å². The zero-order valence-corrected chi connectivity index (χ0v) is 24.5. The smallest absolute Gasteiger partial charge is 0.335 e. The number of carbonyl (C=O) groups excluding carboxylic acids is 3. The van der Waals surface area contributed by atoms with E-state index in [0.29, 0.717) is 30.7 Å². The Hall–Kier alpha value is -3.33. The average molecular weight is 568 g/mol. The number of rotatable bonds is 9. The SMILES string of the molecule is C=C1CC[C@H]2[C@](C)(COC(C)=O)[C@H](OC(C)=O)CC[C@@]2(C)[C@@H]1C[C@H](NCc1ccc2c(c1)OCO2)C1=CCOC1=O. The second-order valence-electron chi connectivity index (χ2n) is 12.3. The Kier molecular flexibility index (Phi) is 8.19. The normalized spacial score (nSPS) is 31.1. The van der Waals surface area contributed by atoms with Crippen LogP contribution in [0.25, 0.3) is 0 Å². The quantitative estimate of drug-likeness (QED) is 0.259. The van der Waals surface area contributed by atoms with Crippen LogP contribution in [0.1, 0.15) is 65.4 Å². The third-order valence-electron chi connectivity index (χ3n) is 9.80. The predicted octanol–water partition coefficient (Wildman–Crippen LogP) is 4.63. The molecule has 6 atom stereocenters. The number of carbonyl (C=O) groups is 3. The molecule has 2 saturated carbocycles. The van der Waals surface area contributed by atoms with Crippen LogP contribution in [0.3, 0.4) is 0 Å². The molecule has 9 nitrogen and oxygen atoms in total. The van der Waals surface area contributed by atoms with Gasteiger partial charge in [-0.3, -0.25) is 9.59 Å². The predicted molar refractivity (Wildman–Crippen MR) is 150 cm³/mol. The average Bonchev–Trinajstić information content (AvgIpc) is 3.57. The number of esters is 3. The molecule has 0 bridgehead atoms. The minimum atomic E-state index is -0.551. The molecule has 0 aromatic heterocycles. The lowest BCUT2D eigenvalue weighted by molar-refractivity contribution is -0.191. The maximum absolute atomic E-state index is 12.8. The largest absolute Gasteiger partial charge is 0.465 e. The molecule has 2 fully saturated rings. The molecule has 0 radical (unpaired) electrons. The standard InChI is InChI=1S/C32H41NO8/c1-19-6-9-28-31(4,12-10-29(41-21(3)35)32(28,5)17-38-20(2)34)24(19)15-25(23-11-13-37-30(23)36)33-16-22-7-8-26-27(14-22)40-18-39-26/h7-8,11,14,24-25,28-29,33H,1,6,9-10,12-13,15-18H2,2-5H3/t24-,25+,28-,29-,31+,32+/m1/s1. The van der Waals surface area contributed by atoms with Crippen molar-refractivity contribution in [2.75, 3.05) is 20.0 Å². The molecule has 41 heavy (non-hydrogen) atoms. The van der Waals surface area contributed by atoms with Gasteiger partial charge in [0.2, 0.25) is 6.79 Å². The van der Waals surface area contributed by atoms with Crippen LogP contribution in [0.5, 0.6) is 11.5 Å². The Morgan fingerprint density at radius 2 is 1.90 bits per heavy atom. The van der Waals surface area contributed by atoms with Crippen molar-refractivity contribution in [2.45, 2.75) is 78.5 Å². The van der Waals surface area contributed by atoms with Crippen molar-refractivity contribution in [3.63, 3.8) is 0 Å². The molecule has 1 N–H and O–H groups in total. The van der Waals surface area contributed by atoms with Crippen molar-refractivity contribution in [3.05, 3.63) is 47.6 Å². The van der Waals surface area contributed by atoms with Crippen LogP contribution in [0.2, 0.25) is 0 Å². The summed E-state index contributed by atoms with van der Waals surface area (Å²) in [7, 11) is 0. The Labute approximate surface area is 241 Å². The molecule has 4 aliphatic rings. The number of benzene rings is 1. The van der Waals surface area contributed by atoms with Gasteiger partial charge in [0.05, 0.1) is 5.57 Å². The summed E-state index contributed by atoms with van der Waals surface area (Å²) in [5, 5.41) is 3.63. The van der Waals surface area contributed by atoms with Gasteiger partial charge >= 0.3 is 17.9 Å². The minimum absolute atomic E-state index is 0.0831. The summed E-state index contributed by atoms with van der Waals surface area (Å²) in [5.41, 5.74) is 2.06. The summed E-state index contributed by atoms with van der Waals surface area (Å²) in [6.07, 6.45) is 5.35. The van der Waals surface area contributed by atoms with Crippen molar-refractivity contribution in [1.82, 2.24) is 5.32 Å². The first-order valence-corrected chi connectivity index (χ1v) is 14.5. The van der Waals surface area contributed by atoms with Crippen molar-refractivity contribution in [2.24, 2.45) is 22.7 Å². The molecule has 0 saturated heterocycles. The van der Waals surface area contributed by atoms with Crippen LogP contribution in [-0.4, -0.2) is 50.1 Å². The number of cyclic esters (lactones) is 1. The van der Waals surface area contributed by atoms with E-state index < -0.39 is 5.41 Å². The third kappa shape index (κ3) is 5.73. The molecular formula is C32H41NO8. The molecule has 9 heteroatoms. The molecule has 2 aliphatic carbocycles. The monoisotopic (exact) mass is 567 g/mol. The number of hydrogen-bond donors (Lipinski definition) is 1. The van der Waals surface area contributed by atoms with Crippen LogP contribution >= 0.6 is 0 Å². The van der Waals surface area contributed by atoms with Gasteiger partial charge in [0.1, 0.15) is 19.3 Å². The minimum Gasteiger partial charge on any atom is -0.465 e. The van der Waals surface area contributed by atoms with Gasteiger partial charge in [-0.25, -0.2) is 4.79 Å². The highest BCUT2D eigenvalue weighted by Gasteiger charge is 2.60. The van der Waals surface area contributed by atoms with Gasteiger partial charge in [-0.2, -0.15) is 0 Å². The zero-order chi connectivity index (χ0) is 29.4. The highest BCUT2D eigenvalue weighted by molar-refractivity contribution is 5.91. The maximum Gasteiger partial charge on any atom is 0.335 e. The van der Waals surface area contributed by atoms with Crippen LogP contribution in [0.15, 0.2) is 42.0 Å². The summed E-state index contributed by atoms with van der Waals surface area (Å²) < 4.78 is 27.7. The summed E-state index contributed by atoms with van der Waals surface area (Å²) in [6, 6.07) is 5.60. The molecular weight excluding hydrogens is 526 g/mol. The topological polar surface area (TPSA) is 109 Å². The zero-order valence-electron chi connectivity index (χ0n) is 24.5. The van der Waals surface area contributed by atoms with E-state index in [4.69, 9.17) is 23.7 Å². The molecule has 222 valence electrons. The second kappa shape index (κ2) is 11.5. The molecule has 5 rings (SSSR count). The van der Waals surface area contributed by atoms with Gasteiger partial charge in [0, 0.05) is 31.8 Å². The Morgan fingerprint density at radius 3 is 2.61 bits per heavy atom. The number of nitrogens with one attached hydrogen (secondary N) is 1. The molecule has 0 unspecified atom stereocenters. The summed E-state index contributed by atoms with van der Waals surface area (Å²) in [6.45, 7) is 12.9. The van der Waals surface area contributed by atoms with E-state index in [1.165, 1.54) is 13.8 Å². The lowest BCUT2D eigenvalue weighted by Gasteiger charge is -2.60. The Morgan fingerprint density at radius 1 is 1.12 bits per heavy atom. The lowest BCUT2D eigenvalue weighted by Crippen LogP contribution is -2.59. The lowest BCUT2D eigenvalue weighted by atomic mass is 9.46. The highest BCUT2D eigenvalue weighted by Crippen LogP contribution is 2.62. The molecule has 2 heterocycles. The van der Waals surface area contributed by atoms with Gasteiger partial charge in [-0.1, -0.05) is 32.1 Å². The first kappa shape index (κ1) is 29.2. The fourth-order valence-corrected chi connectivity index (χ4v) is 7.76. The Balaban J connectivity index is 1.41. The molecule has 1 aromatic carbocycles. The van der Waals surface area contributed by atoms with Crippen LogP contribution < -0.4 is 14.8 Å². The first-order valence-electron chi connectivity index (χ1n) is 14.5. The second-order valence-corrected chi connectivity index (χ2v) is 12.3. The van der Waals surface area contributed by atoms with Crippen molar-refractivity contribution < 1.29 is 38.1 Å². The summed E-state index contributed by atoms with van der Waals surface area (Å²) >= 11 is 0. The van der Waals surface area contributed by atoms with E-state index in [-0.39, 0.29) is 67.3 Å².